The zero-order chi connectivity index (χ0) is 32.9. The molecule has 2 aliphatic rings. The van der Waals surface area contributed by atoms with Crippen LogP contribution in [0.4, 0.5) is 0 Å². The number of nitrogens with zero attached hydrogens (tertiary/aromatic N) is 3. The molecule has 17 heteroatoms. The van der Waals surface area contributed by atoms with Crippen LogP contribution in [0.3, 0.4) is 0 Å². The average molecular weight is 636 g/mol. The maximum Gasteiger partial charge on any atom is 0.303 e. The van der Waals surface area contributed by atoms with Crippen molar-refractivity contribution in [1.29, 1.82) is 0 Å². The Labute approximate surface area is 251 Å². The van der Waals surface area contributed by atoms with Crippen LogP contribution in [0.1, 0.15) is 48.5 Å². The van der Waals surface area contributed by atoms with E-state index in [0.717, 1.165) is 13.8 Å². The Morgan fingerprint density at radius 1 is 0.884 bits per heavy atom. The van der Waals surface area contributed by atoms with Gasteiger partial charge in [-0.3, -0.25) is 14.4 Å². The van der Waals surface area contributed by atoms with Gasteiger partial charge in [0.15, 0.2) is 27.0 Å². The number of azide groups is 1. The zero-order valence-electron chi connectivity index (χ0n) is 26.0. The molecule has 43 heavy (non-hydrogen) atoms. The van der Waals surface area contributed by atoms with Gasteiger partial charge in [-0.15, -0.1) is 0 Å². The molecule has 3 N–H and O–H groups in total. The highest BCUT2D eigenvalue weighted by molar-refractivity contribution is 6.74. The van der Waals surface area contributed by atoms with Gasteiger partial charge in [-0.25, -0.2) is 0 Å². The van der Waals surface area contributed by atoms with Crippen molar-refractivity contribution >= 4 is 26.2 Å². The molecule has 0 saturated carbocycles. The molecule has 0 spiro atoms. The lowest BCUT2D eigenvalue weighted by molar-refractivity contribution is -0.340. The molecule has 16 nitrogen and oxygen atoms in total. The molecule has 0 aliphatic carbocycles. The minimum Gasteiger partial charge on any atom is -0.463 e. The minimum atomic E-state index is -2.69. The second kappa shape index (κ2) is 15.1. The fourth-order valence-electron chi connectivity index (χ4n) is 4.64. The van der Waals surface area contributed by atoms with Crippen LogP contribution < -0.4 is 0 Å². The Bertz CT molecular complexity index is 1040. The molecule has 2 aliphatic heterocycles. The molecule has 0 bridgehead atoms. The molecule has 10 atom stereocenters. The van der Waals surface area contributed by atoms with Gasteiger partial charge in [-0.2, -0.15) is 0 Å². The highest BCUT2D eigenvalue weighted by Crippen LogP contribution is 2.46. The number of rotatable bonds is 12. The largest absolute Gasteiger partial charge is 0.463 e. The van der Waals surface area contributed by atoms with E-state index in [4.69, 9.17) is 32.8 Å². The van der Waals surface area contributed by atoms with Crippen LogP contribution in [0.5, 0.6) is 0 Å². The highest BCUT2D eigenvalue weighted by Gasteiger charge is 2.55. The van der Waals surface area contributed by atoms with Crippen LogP contribution in [0, 0.1) is 5.92 Å². The predicted molar refractivity (Wildman–Crippen MR) is 149 cm³/mol. The molecule has 0 aromatic rings. The van der Waals surface area contributed by atoms with Gasteiger partial charge >= 0.3 is 17.9 Å². The maximum absolute atomic E-state index is 11.9. The van der Waals surface area contributed by atoms with Crippen molar-refractivity contribution in [3.63, 3.8) is 0 Å². The van der Waals surface area contributed by atoms with Gasteiger partial charge in [0.2, 0.25) is 0 Å². The van der Waals surface area contributed by atoms with Crippen molar-refractivity contribution in [3.05, 3.63) is 10.4 Å². The molecule has 2 heterocycles. The van der Waals surface area contributed by atoms with E-state index in [-0.39, 0.29) is 11.0 Å². The number of carbonyl (C=O) groups is 3. The molecule has 0 aromatic heterocycles. The fourth-order valence-corrected chi connectivity index (χ4v) is 7.11. The Balaban J connectivity index is 2.54. The molecule has 2 rings (SSSR count). The summed E-state index contributed by atoms with van der Waals surface area (Å²) in [5.41, 5.74) is 9.48. The monoisotopic (exact) mass is 635 g/mol. The number of ether oxygens (including phenoxy) is 6. The van der Waals surface area contributed by atoms with Crippen molar-refractivity contribution in [2.75, 3.05) is 13.2 Å². The number of aliphatic hydroxyl groups is 3. The summed E-state index contributed by atoms with van der Waals surface area (Å²) >= 11 is 0. The summed E-state index contributed by atoms with van der Waals surface area (Å²) in [5, 5.41) is 36.3. The first-order chi connectivity index (χ1) is 19.8. The summed E-state index contributed by atoms with van der Waals surface area (Å²) in [7, 11) is -2.69. The van der Waals surface area contributed by atoms with Crippen LogP contribution in [-0.2, 0) is 47.2 Å². The topological polar surface area (TPSA) is 225 Å². The molecule has 0 radical (unpaired) electrons. The van der Waals surface area contributed by atoms with Gasteiger partial charge < -0.3 is 48.2 Å². The second-order valence-electron chi connectivity index (χ2n) is 12.0. The van der Waals surface area contributed by atoms with Gasteiger partial charge in [0, 0.05) is 25.7 Å². The van der Waals surface area contributed by atoms with Crippen molar-refractivity contribution < 1.29 is 62.6 Å². The van der Waals surface area contributed by atoms with Crippen molar-refractivity contribution in [2.45, 2.75) is 128 Å². The van der Waals surface area contributed by atoms with E-state index in [1.807, 2.05) is 40.8 Å². The van der Waals surface area contributed by atoms with Crippen molar-refractivity contribution in [1.82, 2.24) is 0 Å². The number of hydrogen-bond acceptors (Lipinski definition) is 14. The smallest absolute Gasteiger partial charge is 0.303 e. The summed E-state index contributed by atoms with van der Waals surface area (Å²) in [5.74, 6) is -1.98. The standard InChI is InChI=1S/C26H45N3O13Si/c1-12(2)26(6,7)43(8,9)42-24-18(28-29-27)22(20(34)17(39-24)11-37-14(4)31)41-25-23(38-15(5)32)21(35)19(33)16(40-25)10-36-13(3)30/h12,16-25,33-35H,10-11H2,1-9H3/t16-,17-,18-,19+,20-,21+,22-,23-,24+,25+/m1/s1. The van der Waals surface area contributed by atoms with E-state index < -0.39 is 101 Å². The Morgan fingerprint density at radius 3 is 1.86 bits per heavy atom. The predicted octanol–water partition coefficient (Wildman–Crippen LogP) is 1.30. The van der Waals surface area contributed by atoms with E-state index in [0.29, 0.717) is 0 Å². The molecule has 2 saturated heterocycles. The van der Waals surface area contributed by atoms with E-state index >= 15 is 0 Å². The zero-order valence-corrected chi connectivity index (χ0v) is 27.0. The number of carbonyl (C=O) groups excluding carboxylic acids is 3. The van der Waals surface area contributed by atoms with Gasteiger partial charge in [0.05, 0.1) is 0 Å². The van der Waals surface area contributed by atoms with Gasteiger partial charge in [-0.1, -0.05) is 32.8 Å². The third kappa shape index (κ3) is 9.09. The first-order valence-corrected chi connectivity index (χ1v) is 16.9. The third-order valence-electron chi connectivity index (χ3n) is 8.37. The lowest BCUT2D eigenvalue weighted by Crippen LogP contribution is -2.66. The molecule has 2 fully saturated rings. The van der Waals surface area contributed by atoms with Gasteiger partial charge in [0.25, 0.3) is 0 Å². The van der Waals surface area contributed by atoms with E-state index in [1.54, 1.807) is 0 Å². The Morgan fingerprint density at radius 2 is 1.40 bits per heavy atom. The molecule has 0 aromatic carbocycles. The van der Waals surface area contributed by atoms with E-state index in [9.17, 15) is 35.2 Å². The molecular formula is C26H45N3O13Si. The summed E-state index contributed by atoms with van der Waals surface area (Å²) in [6.45, 7) is 14.6. The van der Waals surface area contributed by atoms with Gasteiger partial charge in [0.1, 0.15) is 55.9 Å². The molecule has 0 unspecified atom stereocenters. The summed E-state index contributed by atoms with van der Waals surface area (Å²) in [6, 6.07) is -1.35. The van der Waals surface area contributed by atoms with Crippen LogP contribution in [-0.4, -0.2) is 116 Å². The number of hydrogen-bond donors (Lipinski definition) is 3. The fraction of sp³-hybridized carbons (Fsp3) is 0.885. The number of esters is 3. The van der Waals surface area contributed by atoms with Crippen LogP contribution in [0.25, 0.3) is 10.4 Å². The quantitative estimate of drug-likeness (QED) is 0.0687. The Hall–Kier alpha value is -2.34. The maximum atomic E-state index is 11.9. The van der Waals surface area contributed by atoms with E-state index in [2.05, 4.69) is 10.0 Å². The van der Waals surface area contributed by atoms with Crippen LogP contribution >= 0.6 is 0 Å². The summed E-state index contributed by atoms with van der Waals surface area (Å²) in [4.78, 5) is 37.8. The molecule has 246 valence electrons. The second-order valence-corrected chi connectivity index (χ2v) is 16.6. The van der Waals surface area contributed by atoms with Crippen molar-refractivity contribution in [2.24, 2.45) is 11.0 Å². The molecular weight excluding hydrogens is 590 g/mol. The summed E-state index contributed by atoms with van der Waals surface area (Å²) in [6.07, 6.45) is -13.6. The first-order valence-electron chi connectivity index (χ1n) is 14.0. The van der Waals surface area contributed by atoms with E-state index in [1.165, 1.54) is 6.92 Å². The van der Waals surface area contributed by atoms with Gasteiger partial charge in [-0.05, 0) is 29.6 Å². The summed E-state index contributed by atoms with van der Waals surface area (Å²) < 4.78 is 39.7. The minimum absolute atomic E-state index is 0.187. The average Bonchev–Trinajstić information content (AvgIpc) is 2.89. The molecule has 0 amide bonds. The highest BCUT2D eigenvalue weighted by atomic mass is 28.4. The SMILES string of the molecule is CC(=O)OC[C@H]1O[C@@H](O[C@H]2[C@H](O)[C@@H](COC(C)=O)O[C@@H](O[Si](C)(C)C(C)(C)C(C)C)[C@@H]2N=[N+]=[N-])[C@H](OC(C)=O)[C@@H](O)[C@H]1O. The number of aliphatic hydroxyl groups excluding tert-OH is 3. The first kappa shape index (κ1) is 36.8. The van der Waals surface area contributed by atoms with Crippen LogP contribution in [0.2, 0.25) is 18.1 Å². The Kier molecular flexibility index (Phi) is 12.9. The lowest BCUT2D eigenvalue weighted by Gasteiger charge is -2.50. The normalized spacial score (nSPS) is 33.3. The van der Waals surface area contributed by atoms with Crippen molar-refractivity contribution in [3.8, 4) is 0 Å². The lowest BCUT2D eigenvalue weighted by atomic mass is 9.96. The third-order valence-corrected chi connectivity index (χ3v) is 12.9. The van der Waals surface area contributed by atoms with Crippen LogP contribution in [0.15, 0.2) is 5.11 Å².